The quantitative estimate of drug-likeness (QED) is 0.523. The highest BCUT2D eigenvalue weighted by molar-refractivity contribution is 5.85. The monoisotopic (exact) mass is 520 g/mol. The molecule has 1 fully saturated rings. The topological polar surface area (TPSA) is 79.3 Å². The van der Waals surface area contributed by atoms with Crippen LogP contribution >= 0.6 is 0 Å². The molecule has 2 aromatic carbocycles. The summed E-state index contributed by atoms with van der Waals surface area (Å²) in [6.45, 7) is 13.1. The van der Waals surface area contributed by atoms with E-state index in [1.165, 1.54) is 6.42 Å². The molecular weight excluding hydrogens is 480 g/mol. The largest absolute Gasteiger partial charge is 0.493 e. The Bertz CT molecular complexity index is 1260. The van der Waals surface area contributed by atoms with Crippen LogP contribution in [0.15, 0.2) is 18.2 Å². The molecule has 3 heterocycles. The van der Waals surface area contributed by atoms with Gasteiger partial charge in [0.15, 0.2) is 6.10 Å². The van der Waals surface area contributed by atoms with Gasteiger partial charge in [-0.25, -0.2) is 9.59 Å². The molecule has 1 unspecified atom stereocenters. The Morgan fingerprint density at radius 3 is 2.32 bits per heavy atom. The van der Waals surface area contributed by atoms with Crippen molar-refractivity contribution in [1.29, 1.82) is 0 Å². The van der Waals surface area contributed by atoms with Crippen molar-refractivity contribution in [1.82, 2.24) is 9.80 Å². The first-order chi connectivity index (χ1) is 18.0. The number of amides is 2. The van der Waals surface area contributed by atoms with Crippen molar-refractivity contribution >= 4 is 12.0 Å². The molecule has 0 aliphatic carbocycles. The molecule has 2 amide bonds. The number of carbonyl (C=O) groups excluding carboxylic acids is 1. The van der Waals surface area contributed by atoms with Crippen LogP contribution < -0.4 is 4.74 Å². The number of hydrogen-bond acceptors (Lipinski definition) is 4. The molecule has 0 aromatic heterocycles. The smallest absolute Gasteiger partial charge is 0.337 e. The molecule has 3 aliphatic heterocycles. The van der Waals surface area contributed by atoms with E-state index >= 15 is 0 Å². The Morgan fingerprint density at radius 2 is 1.66 bits per heavy atom. The van der Waals surface area contributed by atoms with Gasteiger partial charge in [0.2, 0.25) is 0 Å². The minimum absolute atomic E-state index is 0.0782. The van der Waals surface area contributed by atoms with Crippen LogP contribution in [0, 0.1) is 13.8 Å². The zero-order valence-electron chi connectivity index (χ0n) is 23.4. The third-order valence-electron chi connectivity index (χ3n) is 8.07. The zero-order chi connectivity index (χ0) is 27.2. The minimum Gasteiger partial charge on any atom is -0.493 e. The van der Waals surface area contributed by atoms with Gasteiger partial charge in [-0.2, -0.15) is 0 Å². The Kier molecular flexibility index (Phi) is 7.16. The third kappa shape index (κ3) is 5.00. The molecule has 5 rings (SSSR count). The Labute approximate surface area is 225 Å². The average Bonchev–Trinajstić information content (AvgIpc) is 3.35. The van der Waals surface area contributed by atoms with Gasteiger partial charge in [0.25, 0.3) is 0 Å². The van der Waals surface area contributed by atoms with E-state index in [-0.39, 0.29) is 6.03 Å². The highest BCUT2D eigenvalue weighted by Crippen LogP contribution is 2.45. The lowest BCUT2D eigenvalue weighted by Crippen LogP contribution is -2.43. The van der Waals surface area contributed by atoms with E-state index in [2.05, 4.69) is 13.0 Å². The zero-order valence-corrected chi connectivity index (χ0v) is 23.4. The first-order valence-corrected chi connectivity index (χ1v) is 13.9. The number of benzene rings is 2. The van der Waals surface area contributed by atoms with E-state index in [4.69, 9.17) is 9.47 Å². The van der Waals surface area contributed by atoms with Crippen molar-refractivity contribution in [3.05, 3.63) is 51.6 Å². The van der Waals surface area contributed by atoms with E-state index in [0.717, 1.165) is 90.1 Å². The maximum atomic E-state index is 13.4. The average molecular weight is 521 g/mol. The van der Waals surface area contributed by atoms with Crippen LogP contribution in [0.4, 0.5) is 4.79 Å². The number of piperidine rings is 1. The molecule has 0 saturated carbocycles. The van der Waals surface area contributed by atoms with Crippen LogP contribution in [0.25, 0.3) is 11.1 Å². The Hall–Kier alpha value is -3.06. The predicted molar refractivity (Wildman–Crippen MR) is 146 cm³/mol. The number of carbonyl (C=O) groups is 2. The summed E-state index contributed by atoms with van der Waals surface area (Å²) >= 11 is 0. The summed E-state index contributed by atoms with van der Waals surface area (Å²) < 4.78 is 12.1. The van der Waals surface area contributed by atoms with Crippen molar-refractivity contribution < 1.29 is 24.2 Å². The first-order valence-electron chi connectivity index (χ1n) is 13.9. The van der Waals surface area contributed by atoms with Gasteiger partial charge < -0.3 is 24.4 Å². The highest BCUT2D eigenvalue weighted by Gasteiger charge is 2.37. The molecule has 7 heteroatoms. The number of fused-ring (bicyclic) bond motifs is 2. The fourth-order valence-corrected chi connectivity index (χ4v) is 6.24. The molecular formula is C31H40N2O5. The molecule has 7 nitrogen and oxygen atoms in total. The molecule has 1 atom stereocenters. The van der Waals surface area contributed by atoms with Gasteiger partial charge in [-0.1, -0.05) is 6.07 Å². The van der Waals surface area contributed by atoms with Crippen LogP contribution in [-0.2, 0) is 29.0 Å². The fraction of sp³-hybridized carbons (Fsp3) is 0.548. The number of rotatable bonds is 4. The number of hydrogen-bond donors (Lipinski definition) is 1. The van der Waals surface area contributed by atoms with Crippen LogP contribution in [0.2, 0.25) is 0 Å². The second-order valence-electron chi connectivity index (χ2n) is 11.9. The number of aryl methyl sites for hydroxylation is 1. The van der Waals surface area contributed by atoms with E-state index in [1.54, 1.807) is 0 Å². The number of likely N-dealkylation sites (tertiary alicyclic amines) is 1. The summed E-state index contributed by atoms with van der Waals surface area (Å²) in [4.78, 5) is 30.0. The van der Waals surface area contributed by atoms with Crippen molar-refractivity contribution in [2.75, 3.05) is 19.7 Å². The highest BCUT2D eigenvalue weighted by atomic mass is 16.5. The lowest BCUT2D eigenvalue weighted by atomic mass is 9.82. The first kappa shape index (κ1) is 26.5. The normalized spacial score (nSPS) is 18.0. The van der Waals surface area contributed by atoms with E-state index in [9.17, 15) is 14.7 Å². The molecule has 38 heavy (non-hydrogen) atoms. The van der Waals surface area contributed by atoms with Crippen LogP contribution in [0.5, 0.6) is 5.75 Å². The molecule has 0 spiro atoms. The molecule has 1 saturated heterocycles. The summed E-state index contributed by atoms with van der Waals surface area (Å²) in [5, 5.41) is 10.4. The van der Waals surface area contributed by atoms with Crippen molar-refractivity contribution in [3.63, 3.8) is 0 Å². The number of ether oxygens (including phenoxy) is 2. The summed E-state index contributed by atoms with van der Waals surface area (Å²) in [5.41, 5.74) is 7.15. The number of urea groups is 1. The predicted octanol–water partition coefficient (Wildman–Crippen LogP) is 6.16. The summed E-state index contributed by atoms with van der Waals surface area (Å²) in [6.07, 6.45) is 4.03. The maximum Gasteiger partial charge on any atom is 0.337 e. The molecule has 2 aromatic rings. The van der Waals surface area contributed by atoms with Crippen LogP contribution in [0.1, 0.15) is 85.9 Å². The van der Waals surface area contributed by atoms with Crippen molar-refractivity contribution in [3.8, 4) is 16.9 Å². The Morgan fingerprint density at radius 1 is 0.974 bits per heavy atom. The van der Waals surface area contributed by atoms with Gasteiger partial charge in [-0.05, 0) is 118 Å². The van der Waals surface area contributed by atoms with Crippen LogP contribution in [-0.4, -0.2) is 52.2 Å². The number of aliphatic carboxylic acids is 1. The number of carboxylic acid groups (broad SMARTS) is 1. The molecule has 3 aliphatic rings. The molecule has 1 N–H and O–H groups in total. The molecule has 204 valence electrons. The van der Waals surface area contributed by atoms with Gasteiger partial charge in [-0.15, -0.1) is 0 Å². The third-order valence-corrected chi connectivity index (χ3v) is 8.07. The Balaban J connectivity index is 1.65. The second kappa shape index (κ2) is 10.3. The number of nitrogens with zero attached hydrogens (tertiary/aromatic N) is 2. The summed E-state index contributed by atoms with van der Waals surface area (Å²) in [7, 11) is 0. The minimum atomic E-state index is -1.13. The van der Waals surface area contributed by atoms with Crippen LogP contribution in [0.3, 0.4) is 0 Å². The maximum absolute atomic E-state index is 13.4. The lowest BCUT2D eigenvalue weighted by molar-refractivity contribution is -0.160. The molecule has 0 radical (unpaired) electrons. The standard InChI is InChI=1S/C31H40N2O5/c1-19-23-17-33(30(36)32-13-7-6-8-14-32)18-24(23)20(2)27(28(29(34)35)38-31(3,4)5)26(19)22-11-12-25-21(16-22)10-9-15-37-25/h11-12,16,28H,6-10,13-15,17-18H2,1-5H3,(H,34,35). The molecule has 0 bridgehead atoms. The van der Waals surface area contributed by atoms with Crippen molar-refractivity contribution in [2.45, 2.75) is 91.5 Å². The fourth-order valence-electron chi connectivity index (χ4n) is 6.24. The lowest BCUT2D eigenvalue weighted by Gasteiger charge is -2.30. The van der Waals surface area contributed by atoms with Gasteiger partial charge in [0.1, 0.15) is 5.75 Å². The van der Waals surface area contributed by atoms with Gasteiger partial charge in [0, 0.05) is 31.7 Å². The second-order valence-corrected chi connectivity index (χ2v) is 11.9. The summed E-state index contributed by atoms with van der Waals surface area (Å²) in [6, 6.07) is 6.26. The van der Waals surface area contributed by atoms with E-state index in [1.807, 2.05) is 49.6 Å². The summed E-state index contributed by atoms with van der Waals surface area (Å²) in [5.74, 6) is -0.111. The SMILES string of the molecule is Cc1c2c(c(C)c(C(OC(C)(C)C)C(=O)O)c1-c1ccc3c(c1)CCCO3)CN(C(=O)N1CCCCC1)C2. The van der Waals surface area contributed by atoms with Gasteiger partial charge in [-0.3, -0.25) is 0 Å². The number of carboxylic acids is 1. The van der Waals surface area contributed by atoms with Crippen molar-refractivity contribution in [2.24, 2.45) is 0 Å². The van der Waals surface area contributed by atoms with E-state index in [0.29, 0.717) is 18.7 Å². The van der Waals surface area contributed by atoms with Gasteiger partial charge in [0.05, 0.1) is 12.2 Å². The van der Waals surface area contributed by atoms with Gasteiger partial charge >= 0.3 is 12.0 Å². The van der Waals surface area contributed by atoms with E-state index < -0.39 is 17.7 Å².